The van der Waals surface area contributed by atoms with Gasteiger partial charge in [-0.25, -0.2) is 15.4 Å². The third kappa shape index (κ3) is 3.76. The van der Waals surface area contributed by atoms with Crippen molar-refractivity contribution in [2.75, 3.05) is 12.0 Å². The van der Waals surface area contributed by atoms with Gasteiger partial charge in [-0.15, -0.1) is 18.8 Å². The largest absolute Gasteiger partial charge is 0.289 e. The molecule has 64 valence electrons. The molecule has 1 rings (SSSR count). The van der Waals surface area contributed by atoms with E-state index in [1.165, 1.54) is 0 Å². The SMILES string of the molecule is C#CCNNc1ncccn1.Cl. The van der Waals surface area contributed by atoms with Crippen molar-refractivity contribution < 1.29 is 0 Å². The Balaban J connectivity index is 0.00000121. The second-order valence-electron chi connectivity index (χ2n) is 1.76. The summed E-state index contributed by atoms with van der Waals surface area (Å²) in [6.07, 6.45) is 8.29. The summed E-state index contributed by atoms with van der Waals surface area (Å²) in [5.41, 5.74) is 5.47. The lowest BCUT2D eigenvalue weighted by atomic mass is 10.7. The predicted molar refractivity (Wildman–Crippen MR) is 49.7 cm³/mol. The van der Waals surface area contributed by atoms with E-state index < -0.39 is 0 Å². The number of nitrogens with zero attached hydrogens (tertiary/aromatic N) is 2. The maximum Gasteiger partial charge on any atom is 0.237 e. The van der Waals surface area contributed by atoms with Crippen LogP contribution < -0.4 is 10.9 Å². The molecule has 1 heterocycles. The van der Waals surface area contributed by atoms with E-state index in [1.807, 2.05) is 0 Å². The first kappa shape index (κ1) is 10.7. The van der Waals surface area contributed by atoms with Gasteiger partial charge in [-0.2, -0.15) is 0 Å². The highest BCUT2D eigenvalue weighted by molar-refractivity contribution is 5.85. The number of terminal acetylenes is 1. The van der Waals surface area contributed by atoms with Crippen molar-refractivity contribution >= 4 is 18.4 Å². The van der Waals surface area contributed by atoms with Gasteiger partial charge in [-0.3, -0.25) is 5.43 Å². The van der Waals surface area contributed by atoms with E-state index in [0.717, 1.165) is 0 Å². The molecule has 0 atom stereocenters. The summed E-state index contributed by atoms with van der Waals surface area (Å²) in [6, 6.07) is 1.74. The highest BCUT2D eigenvalue weighted by Crippen LogP contribution is 1.89. The first-order chi connectivity index (χ1) is 5.43. The number of halogens is 1. The maximum absolute atomic E-state index is 5.00. The van der Waals surface area contributed by atoms with Crippen LogP contribution in [0, 0.1) is 12.3 Å². The van der Waals surface area contributed by atoms with E-state index >= 15 is 0 Å². The number of rotatable bonds is 3. The molecular formula is C7H9ClN4. The molecule has 1 aromatic heterocycles. The molecule has 0 fully saturated rings. The molecule has 5 heteroatoms. The molecule has 0 radical (unpaired) electrons. The van der Waals surface area contributed by atoms with Crippen molar-refractivity contribution in [2.45, 2.75) is 0 Å². The molecule has 0 aliphatic rings. The smallest absolute Gasteiger partial charge is 0.237 e. The normalized spacial score (nSPS) is 7.92. The minimum absolute atomic E-state index is 0. The minimum Gasteiger partial charge on any atom is -0.289 e. The maximum atomic E-state index is 5.00. The highest BCUT2D eigenvalue weighted by atomic mass is 35.5. The van der Waals surface area contributed by atoms with Crippen molar-refractivity contribution in [3.05, 3.63) is 18.5 Å². The topological polar surface area (TPSA) is 49.8 Å². The number of hydrazine groups is 1. The summed E-state index contributed by atoms with van der Waals surface area (Å²) in [6.45, 7) is 0.443. The van der Waals surface area contributed by atoms with Crippen molar-refractivity contribution in [2.24, 2.45) is 0 Å². The van der Waals surface area contributed by atoms with Gasteiger partial charge in [-0.1, -0.05) is 5.92 Å². The van der Waals surface area contributed by atoms with Crippen LogP contribution in [-0.2, 0) is 0 Å². The summed E-state index contributed by atoms with van der Waals surface area (Å²) in [5, 5.41) is 0. The molecule has 2 N–H and O–H groups in total. The average molecular weight is 185 g/mol. The Bertz CT molecular complexity index is 243. The lowest BCUT2D eigenvalue weighted by Gasteiger charge is -2.00. The zero-order valence-corrected chi connectivity index (χ0v) is 7.14. The van der Waals surface area contributed by atoms with Crippen LogP contribution in [0.15, 0.2) is 18.5 Å². The quantitative estimate of drug-likeness (QED) is 0.407. The standard InChI is InChI=1S/C7H8N4.ClH/c1-2-4-10-11-7-8-5-3-6-9-7;/h1,3,5-6,10H,4H2,(H,8,9,11);1H. The van der Waals surface area contributed by atoms with Crippen molar-refractivity contribution in [1.82, 2.24) is 15.4 Å². The number of aromatic nitrogens is 2. The van der Waals surface area contributed by atoms with Crippen LogP contribution in [0.4, 0.5) is 5.95 Å². The van der Waals surface area contributed by atoms with Gasteiger partial charge in [0.15, 0.2) is 0 Å². The van der Waals surface area contributed by atoms with Crippen LogP contribution in [0.3, 0.4) is 0 Å². The molecule has 0 aliphatic heterocycles. The average Bonchev–Trinajstić information content (AvgIpc) is 2.07. The number of nitrogens with one attached hydrogen (secondary N) is 2. The Morgan fingerprint density at radius 2 is 2.08 bits per heavy atom. The van der Waals surface area contributed by atoms with Crippen molar-refractivity contribution in [3.63, 3.8) is 0 Å². The fraction of sp³-hybridized carbons (Fsp3) is 0.143. The van der Waals surface area contributed by atoms with Crippen LogP contribution in [0.5, 0.6) is 0 Å². The Kier molecular flexibility index (Phi) is 5.70. The van der Waals surface area contributed by atoms with Crippen LogP contribution in [0.2, 0.25) is 0 Å². The van der Waals surface area contributed by atoms with Crippen LogP contribution >= 0.6 is 12.4 Å². The number of anilines is 1. The number of hydrogen-bond donors (Lipinski definition) is 2. The van der Waals surface area contributed by atoms with E-state index in [2.05, 4.69) is 26.7 Å². The third-order valence-electron chi connectivity index (χ3n) is 0.956. The Morgan fingerprint density at radius 1 is 1.42 bits per heavy atom. The first-order valence-corrected chi connectivity index (χ1v) is 3.13. The zero-order chi connectivity index (χ0) is 7.94. The van der Waals surface area contributed by atoms with E-state index in [9.17, 15) is 0 Å². The molecular weight excluding hydrogens is 176 g/mol. The molecule has 0 spiro atoms. The molecule has 0 amide bonds. The van der Waals surface area contributed by atoms with Gasteiger partial charge < -0.3 is 0 Å². The van der Waals surface area contributed by atoms with E-state index in [0.29, 0.717) is 12.5 Å². The van der Waals surface area contributed by atoms with Gasteiger partial charge in [-0.05, 0) is 6.07 Å². The van der Waals surface area contributed by atoms with Crippen LogP contribution in [0.1, 0.15) is 0 Å². The van der Waals surface area contributed by atoms with Crippen LogP contribution in [-0.4, -0.2) is 16.5 Å². The summed E-state index contributed by atoms with van der Waals surface area (Å²) in [4.78, 5) is 7.79. The molecule has 12 heavy (non-hydrogen) atoms. The molecule has 1 aromatic rings. The predicted octanol–water partition coefficient (Wildman–Crippen LogP) is 0.448. The Labute approximate surface area is 77.2 Å². The zero-order valence-electron chi connectivity index (χ0n) is 6.32. The Morgan fingerprint density at radius 3 is 2.67 bits per heavy atom. The van der Waals surface area contributed by atoms with E-state index in [4.69, 9.17) is 6.42 Å². The third-order valence-corrected chi connectivity index (χ3v) is 0.956. The summed E-state index contributed by atoms with van der Waals surface area (Å²) < 4.78 is 0. The van der Waals surface area contributed by atoms with Gasteiger partial charge in [0, 0.05) is 12.4 Å². The molecule has 4 nitrogen and oxygen atoms in total. The van der Waals surface area contributed by atoms with Crippen molar-refractivity contribution in [3.8, 4) is 12.3 Å². The first-order valence-electron chi connectivity index (χ1n) is 3.13. The van der Waals surface area contributed by atoms with E-state index in [-0.39, 0.29) is 12.4 Å². The molecule has 0 saturated heterocycles. The minimum atomic E-state index is 0. The summed E-state index contributed by atoms with van der Waals surface area (Å²) >= 11 is 0. The lowest BCUT2D eigenvalue weighted by Crippen LogP contribution is -2.22. The fourth-order valence-electron chi connectivity index (χ4n) is 0.538. The van der Waals surface area contributed by atoms with Crippen LogP contribution in [0.25, 0.3) is 0 Å². The van der Waals surface area contributed by atoms with E-state index in [1.54, 1.807) is 18.5 Å². The number of hydrogen-bond acceptors (Lipinski definition) is 4. The second kappa shape index (κ2) is 6.40. The second-order valence-corrected chi connectivity index (χ2v) is 1.76. The summed E-state index contributed by atoms with van der Waals surface area (Å²) in [5.74, 6) is 2.93. The van der Waals surface area contributed by atoms with Gasteiger partial charge in [0.1, 0.15) is 0 Å². The monoisotopic (exact) mass is 184 g/mol. The Hall–Kier alpha value is -1.31. The molecule has 0 unspecified atom stereocenters. The molecule has 0 aliphatic carbocycles. The van der Waals surface area contributed by atoms with Gasteiger partial charge in [0.25, 0.3) is 0 Å². The van der Waals surface area contributed by atoms with Gasteiger partial charge in [0.05, 0.1) is 6.54 Å². The fourth-order valence-corrected chi connectivity index (χ4v) is 0.538. The van der Waals surface area contributed by atoms with Gasteiger partial charge in [0.2, 0.25) is 5.95 Å². The molecule has 0 saturated carbocycles. The van der Waals surface area contributed by atoms with Crippen molar-refractivity contribution in [1.29, 1.82) is 0 Å². The highest BCUT2D eigenvalue weighted by Gasteiger charge is 1.87. The van der Waals surface area contributed by atoms with Gasteiger partial charge >= 0.3 is 0 Å². The molecule has 0 aromatic carbocycles. The lowest BCUT2D eigenvalue weighted by molar-refractivity contribution is 0.882. The summed E-state index contributed by atoms with van der Waals surface area (Å²) in [7, 11) is 0. The molecule has 0 bridgehead atoms.